The van der Waals surface area contributed by atoms with Crippen molar-refractivity contribution in [1.29, 1.82) is 0 Å². The first-order chi connectivity index (χ1) is 11.5. The summed E-state index contributed by atoms with van der Waals surface area (Å²) in [7, 11) is 3.48. The Labute approximate surface area is 140 Å². The molecule has 0 bridgehead atoms. The van der Waals surface area contributed by atoms with E-state index in [1.54, 1.807) is 17.9 Å². The molecule has 1 N–H and O–H groups in total. The van der Waals surface area contributed by atoms with Crippen LogP contribution in [0.4, 0.5) is 5.69 Å². The standard InChI is InChI=1S/C18H20N4O2/c1-11-8-15(16-12(2)21-22(3)17(16)19-11)18(23)20-14-7-5-6-13(9-14)10-24-4/h5-9H,10H2,1-4H3,(H,20,23). The van der Waals surface area contributed by atoms with E-state index in [1.807, 2.05) is 45.2 Å². The molecule has 2 aromatic heterocycles. The van der Waals surface area contributed by atoms with Gasteiger partial charge in [-0.1, -0.05) is 12.1 Å². The van der Waals surface area contributed by atoms with Crippen LogP contribution < -0.4 is 5.32 Å². The van der Waals surface area contributed by atoms with Crippen LogP contribution >= 0.6 is 0 Å². The molecule has 3 rings (SSSR count). The molecular weight excluding hydrogens is 304 g/mol. The first kappa shape index (κ1) is 16.1. The zero-order valence-electron chi connectivity index (χ0n) is 14.3. The molecule has 6 nitrogen and oxygen atoms in total. The molecule has 124 valence electrons. The summed E-state index contributed by atoms with van der Waals surface area (Å²) in [5.74, 6) is -0.170. The molecule has 3 aromatic rings. The van der Waals surface area contributed by atoms with Crippen molar-refractivity contribution < 1.29 is 9.53 Å². The number of pyridine rings is 1. The fraction of sp³-hybridized carbons (Fsp3) is 0.278. The van der Waals surface area contributed by atoms with Crippen LogP contribution in [0.5, 0.6) is 0 Å². The predicted molar refractivity (Wildman–Crippen MR) is 93.1 cm³/mol. The molecule has 0 unspecified atom stereocenters. The zero-order valence-corrected chi connectivity index (χ0v) is 14.3. The smallest absolute Gasteiger partial charge is 0.256 e. The Balaban J connectivity index is 1.99. The van der Waals surface area contributed by atoms with E-state index in [0.717, 1.165) is 28.0 Å². The number of fused-ring (bicyclic) bond motifs is 1. The number of hydrogen-bond acceptors (Lipinski definition) is 4. The number of benzene rings is 1. The van der Waals surface area contributed by atoms with Crippen LogP contribution in [0.1, 0.15) is 27.3 Å². The Morgan fingerprint density at radius 3 is 2.83 bits per heavy atom. The van der Waals surface area contributed by atoms with E-state index in [0.29, 0.717) is 17.8 Å². The van der Waals surface area contributed by atoms with Crippen molar-refractivity contribution >= 4 is 22.6 Å². The molecule has 6 heteroatoms. The number of amides is 1. The number of carbonyl (C=O) groups excluding carboxylic acids is 1. The highest BCUT2D eigenvalue weighted by molar-refractivity contribution is 6.12. The maximum Gasteiger partial charge on any atom is 0.256 e. The average molecular weight is 324 g/mol. The Bertz CT molecular complexity index is 915. The van der Waals surface area contributed by atoms with Crippen molar-refractivity contribution in [2.45, 2.75) is 20.5 Å². The van der Waals surface area contributed by atoms with E-state index in [-0.39, 0.29) is 5.91 Å². The third-order valence-corrected chi connectivity index (χ3v) is 3.84. The lowest BCUT2D eigenvalue weighted by atomic mass is 10.1. The molecule has 1 amide bonds. The summed E-state index contributed by atoms with van der Waals surface area (Å²) >= 11 is 0. The van der Waals surface area contributed by atoms with Gasteiger partial charge in [0.2, 0.25) is 0 Å². The van der Waals surface area contributed by atoms with Gasteiger partial charge in [-0.25, -0.2) is 4.98 Å². The molecule has 1 aromatic carbocycles. The van der Waals surface area contributed by atoms with E-state index in [1.165, 1.54) is 0 Å². The number of ether oxygens (including phenoxy) is 1. The first-order valence-electron chi connectivity index (χ1n) is 7.69. The number of anilines is 1. The first-order valence-corrected chi connectivity index (χ1v) is 7.69. The summed E-state index contributed by atoms with van der Waals surface area (Å²) in [5, 5.41) is 8.12. The van der Waals surface area contributed by atoms with Gasteiger partial charge in [-0.3, -0.25) is 9.48 Å². The number of methoxy groups -OCH3 is 1. The average Bonchev–Trinajstić information content (AvgIpc) is 2.81. The minimum Gasteiger partial charge on any atom is -0.380 e. The molecule has 0 aliphatic rings. The normalized spacial score (nSPS) is 11.0. The minimum atomic E-state index is -0.170. The van der Waals surface area contributed by atoms with Gasteiger partial charge in [0.15, 0.2) is 5.65 Å². The van der Waals surface area contributed by atoms with Gasteiger partial charge in [0.1, 0.15) is 0 Å². The van der Waals surface area contributed by atoms with Crippen LogP contribution in [0.3, 0.4) is 0 Å². The van der Waals surface area contributed by atoms with Gasteiger partial charge in [-0.05, 0) is 37.6 Å². The summed E-state index contributed by atoms with van der Waals surface area (Å²) in [6.07, 6.45) is 0. The van der Waals surface area contributed by atoms with Gasteiger partial charge in [0.25, 0.3) is 5.91 Å². The van der Waals surface area contributed by atoms with Crippen LogP contribution in [-0.2, 0) is 18.4 Å². The molecule has 0 fully saturated rings. The van der Waals surface area contributed by atoms with Gasteiger partial charge in [0.05, 0.1) is 23.3 Å². The third-order valence-electron chi connectivity index (χ3n) is 3.84. The summed E-state index contributed by atoms with van der Waals surface area (Å²) in [6.45, 7) is 4.26. The number of hydrogen-bond donors (Lipinski definition) is 1. The molecule has 24 heavy (non-hydrogen) atoms. The second-order valence-corrected chi connectivity index (χ2v) is 5.81. The Hall–Kier alpha value is -2.73. The number of carbonyl (C=O) groups is 1. The van der Waals surface area contributed by atoms with E-state index in [9.17, 15) is 4.79 Å². The Morgan fingerprint density at radius 2 is 2.08 bits per heavy atom. The van der Waals surface area contributed by atoms with Gasteiger partial charge in [-0.15, -0.1) is 0 Å². The molecule has 0 atom stereocenters. The van der Waals surface area contributed by atoms with Crippen molar-refractivity contribution in [2.24, 2.45) is 7.05 Å². The lowest BCUT2D eigenvalue weighted by molar-refractivity contribution is 0.102. The van der Waals surface area contributed by atoms with Gasteiger partial charge in [0, 0.05) is 25.5 Å². The van der Waals surface area contributed by atoms with Gasteiger partial charge in [-0.2, -0.15) is 5.10 Å². The highest BCUT2D eigenvalue weighted by Gasteiger charge is 2.17. The molecule has 0 spiro atoms. The monoisotopic (exact) mass is 324 g/mol. The highest BCUT2D eigenvalue weighted by atomic mass is 16.5. The number of nitrogens with zero attached hydrogens (tertiary/aromatic N) is 3. The minimum absolute atomic E-state index is 0.170. The zero-order chi connectivity index (χ0) is 17.3. The van der Waals surface area contributed by atoms with Crippen LogP contribution in [0.25, 0.3) is 11.0 Å². The van der Waals surface area contributed by atoms with Crippen molar-refractivity contribution in [1.82, 2.24) is 14.8 Å². The molecule has 0 saturated heterocycles. The lowest BCUT2D eigenvalue weighted by Crippen LogP contribution is -2.13. The van der Waals surface area contributed by atoms with Crippen LogP contribution in [0.2, 0.25) is 0 Å². The number of aromatic nitrogens is 3. The largest absolute Gasteiger partial charge is 0.380 e. The fourth-order valence-corrected chi connectivity index (χ4v) is 2.85. The second-order valence-electron chi connectivity index (χ2n) is 5.81. The van der Waals surface area contributed by atoms with Crippen LogP contribution in [-0.4, -0.2) is 27.8 Å². The van der Waals surface area contributed by atoms with Crippen molar-refractivity contribution in [3.8, 4) is 0 Å². The van der Waals surface area contributed by atoms with E-state index in [4.69, 9.17) is 4.74 Å². The summed E-state index contributed by atoms with van der Waals surface area (Å²) in [5.41, 5.74) is 4.61. The molecule has 0 aliphatic heterocycles. The SMILES string of the molecule is COCc1cccc(NC(=O)c2cc(C)nc3c2c(C)nn3C)c1. The highest BCUT2D eigenvalue weighted by Crippen LogP contribution is 2.23. The Kier molecular flexibility index (Phi) is 4.31. The lowest BCUT2D eigenvalue weighted by Gasteiger charge is -2.09. The topological polar surface area (TPSA) is 69.0 Å². The number of rotatable bonds is 4. The molecule has 0 radical (unpaired) electrons. The second kappa shape index (κ2) is 6.41. The molecule has 0 saturated carbocycles. The third kappa shape index (κ3) is 3.00. The van der Waals surface area contributed by atoms with E-state index < -0.39 is 0 Å². The summed E-state index contributed by atoms with van der Waals surface area (Å²) < 4.78 is 6.83. The molecule has 2 heterocycles. The summed E-state index contributed by atoms with van der Waals surface area (Å²) in [6, 6.07) is 9.42. The number of nitrogens with one attached hydrogen (secondary N) is 1. The quantitative estimate of drug-likeness (QED) is 0.801. The van der Waals surface area contributed by atoms with Crippen LogP contribution in [0.15, 0.2) is 30.3 Å². The maximum absolute atomic E-state index is 12.8. The van der Waals surface area contributed by atoms with Crippen molar-refractivity contribution in [3.63, 3.8) is 0 Å². The van der Waals surface area contributed by atoms with Crippen molar-refractivity contribution in [3.05, 3.63) is 52.8 Å². The van der Waals surface area contributed by atoms with E-state index >= 15 is 0 Å². The van der Waals surface area contributed by atoms with Gasteiger partial charge < -0.3 is 10.1 Å². The fourth-order valence-electron chi connectivity index (χ4n) is 2.85. The van der Waals surface area contributed by atoms with Crippen LogP contribution in [0, 0.1) is 13.8 Å². The number of aryl methyl sites for hydroxylation is 3. The summed E-state index contributed by atoms with van der Waals surface area (Å²) in [4.78, 5) is 17.3. The Morgan fingerprint density at radius 1 is 1.29 bits per heavy atom. The van der Waals surface area contributed by atoms with Gasteiger partial charge >= 0.3 is 0 Å². The molecule has 0 aliphatic carbocycles. The van der Waals surface area contributed by atoms with Crippen molar-refractivity contribution in [2.75, 3.05) is 12.4 Å². The predicted octanol–water partition coefficient (Wildman–Crippen LogP) is 2.98. The van der Waals surface area contributed by atoms with E-state index in [2.05, 4.69) is 15.4 Å². The maximum atomic E-state index is 12.8. The molecular formula is C18H20N4O2.